The van der Waals surface area contributed by atoms with Crippen molar-refractivity contribution in [2.24, 2.45) is 11.5 Å². The normalized spacial score (nSPS) is 13.9. The van der Waals surface area contributed by atoms with Crippen LogP contribution < -0.4 is 27.4 Å². The Hall–Kier alpha value is -3.38. The average molecular weight is 417 g/mol. The first kappa shape index (κ1) is 25.6. The molecule has 0 unspecified atom stereocenters. The van der Waals surface area contributed by atoms with Crippen LogP contribution in [0.4, 0.5) is 4.79 Å². The molecule has 0 bridgehead atoms. The number of alkyl carbamates (subject to hydrolysis) is 1. The summed E-state index contributed by atoms with van der Waals surface area (Å²) in [6, 6.07) is -4.36. The molecule has 13 heteroatoms. The van der Waals surface area contributed by atoms with Crippen LogP contribution in [0.2, 0.25) is 0 Å². The lowest BCUT2D eigenvalue weighted by Gasteiger charge is -2.24. The van der Waals surface area contributed by atoms with E-state index in [0.717, 1.165) is 0 Å². The summed E-state index contributed by atoms with van der Waals surface area (Å²) in [5, 5.41) is 15.5. The number of aliphatic carboxylic acids is 1. The van der Waals surface area contributed by atoms with E-state index < -0.39 is 72.3 Å². The number of amides is 5. The van der Waals surface area contributed by atoms with Crippen LogP contribution in [-0.4, -0.2) is 64.5 Å². The zero-order valence-electron chi connectivity index (χ0n) is 16.6. The molecule has 0 rings (SSSR count). The molecule has 0 saturated carbocycles. The topological polar surface area (TPSA) is 220 Å². The van der Waals surface area contributed by atoms with Crippen LogP contribution >= 0.6 is 0 Å². The van der Waals surface area contributed by atoms with Crippen molar-refractivity contribution < 1.29 is 38.6 Å². The number of rotatable bonds is 10. The Morgan fingerprint density at radius 1 is 0.862 bits per heavy atom. The summed E-state index contributed by atoms with van der Waals surface area (Å²) in [4.78, 5) is 69.5. The minimum absolute atomic E-state index is 0.653. The predicted molar refractivity (Wildman–Crippen MR) is 98.0 cm³/mol. The van der Waals surface area contributed by atoms with Gasteiger partial charge in [-0.1, -0.05) is 0 Å². The molecule has 0 spiro atoms. The molecule has 13 nitrogen and oxygen atoms in total. The van der Waals surface area contributed by atoms with Crippen molar-refractivity contribution in [3.63, 3.8) is 0 Å². The second-order valence-electron chi connectivity index (χ2n) is 7.17. The zero-order chi connectivity index (χ0) is 22.9. The molecule has 164 valence electrons. The van der Waals surface area contributed by atoms with Gasteiger partial charge in [0.05, 0.1) is 12.8 Å². The van der Waals surface area contributed by atoms with Gasteiger partial charge in [-0.3, -0.25) is 19.2 Å². The molecule has 29 heavy (non-hydrogen) atoms. The minimum atomic E-state index is -1.66. The van der Waals surface area contributed by atoms with Crippen molar-refractivity contribution in [3.8, 4) is 0 Å². The third kappa shape index (κ3) is 11.1. The van der Waals surface area contributed by atoms with Crippen molar-refractivity contribution in [2.45, 2.75) is 64.3 Å². The summed E-state index contributed by atoms with van der Waals surface area (Å²) in [6.45, 7) is 6.16. The van der Waals surface area contributed by atoms with E-state index in [0.29, 0.717) is 0 Å². The Balaban J connectivity index is 5.13. The van der Waals surface area contributed by atoms with Crippen molar-refractivity contribution >= 4 is 35.7 Å². The molecule has 0 aliphatic carbocycles. The SMILES string of the molecule is C[C@H](NC(=O)OC(C)(C)C)C(=O)N[C@H](CC(N)=O)C(=O)N[C@@H](CC(N)=O)C(=O)O. The highest BCUT2D eigenvalue weighted by Crippen LogP contribution is 2.07. The van der Waals surface area contributed by atoms with Gasteiger partial charge >= 0.3 is 12.1 Å². The molecule has 0 radical (unpaired) electrons. The molecule has 0 aliphatic rings. The van der Waals surface area contributed by atoms with Crippen LogP contribution in [0.25, 0.3) is 0 Å². The predicted octanol–water partition coefficient (Wildman–Crippen LogP) is -2.30. The molecule has 0 heterocycles. The molecular formula is C16H27N5O8. The number of carboxylic acids is 1. The first-order valence-corrected chi connectivity index (χ1v) is 8.52. The van der Waals surface area contributed by atoms with Crippen molar-refractivity contribution in [1.29, 1.82) is 0 Å². The van der Waals surface area contributed by atoms with E-state index in [1.807, 2.05) is 5.32 Å². The van der Waals surface area contributed by atoms with Gasteiger partial charge in [-0.15, -0.1) is 0 Å². The Kier molecular flexibility index (Phi) is 9.56. The third-order valence-electron chi connectivity index (χ3n) is 3.18. The number of nitrogens with two attached hydrogens (primary N) is 2. The van der Waals surface area contributed by atoms with E-state index in [1.54, 1.807) is 20.8 Å². The molecule has 0 fully saturated rings. The van der Waals surface area contributed by atoms with E-state index in [4.69, 9.17) is 21.3 Å². The lowest BCUT2D eigenvalue weighted by Crippen LogP contribution is -2.56. The van der Waals surface area contributed by atoms with E-state index in [1.165, 1.54) is 6.92 Å². The number of carboxylic acid groups (broad SMARTS) is 1. The van der Waals surface area contributed by atoms with Crippen molar-refractivity contribution in [1.82, 2.24) is 16.0 Å². The fourth-order valence-corrected chi connectivity index (χ4v) is 1.93. The summed E-state index contributed by atoms with van der Waals surface area (Å²) in [7, 11) is 0. The molecule has 0 aromatic rings. The lowest BCUT2D eigenvalue weighted by atomic mass is 10.1. The first-order valence-electron chi connectivity index (χ1n) is 8.52. The lowest BCUT2D eigenvalue weighted by molar-refractivity contribution is -0.143. The van der Waals surface area contributed by atoms with Crippen molar-refractivity contribution in [3.05, 3.63) is 0 Å². The van der Waals surface area contributed by atoms with Gasteiger partial charge in [-0.05, 0) is 27.7 Å². The minimum Gasteiger partial charge on any atom is -0.480 e. The van der Waals surface area contributed by atoms with Crippen LogP contribution in [0, 0.1) is 0 Å². The number of hydrogen-bond donors (Lipinski definition) is 6. The van der Waals surface area contributed by atoms with Gasteiger partial charge in [0.1, 0.15) is 23.7 Å². The van der Waals surface area contributed by atoms with E-state index in [9.17, 15) is 28.8 Å². The summed E-state index contributed by atoms with van der Waals surface area (Å²) >= 11 is 0. The number of carbonyl (C=O) groups excluding carboxylic acids is 5. The smallest absolute Gasteiger partial charge is 0.408 e. The largest absolute Gasteiger partial charge is 0.480 e. The molecule has 5 amide bonds. The Bertz CT molecular complexity index is 673. The Labute approximate surface area is 166 Å². The monoisotopic (exact) mass is 417 g/mol. The van der Waals surface area contributed by atoms with Gasteiger partial charge in [0.25, 0.3) is 0 Å². The van der Waals surface area contributed by atoms with Gasteiger partial charge < -0.3 is 37.3 Å². The molecule has 0 aromatic carbocycles. The summed E-state index contributed by atoms with van der Waals surface area (Å²) in [5.74, 6) is -5.42. The molecule has 0 aromatic heterocycles. The van der Waals surface area contributed by atoms with Crippen LogP contribution in [-0.2, 0) is 28.7 Å². The van der Waals surface area contributed by atoms with Crippen LogP contribution in [0.1, 0.15) is 40.5 Å². The Morgan fingerprint density at radius 3 is 1.72 bits per heavy atom. The number of hydrogen-bond acceptors (Lipinski definition) is 7. The van der Waals surface area contributed by atoms with Gasteiger partial charge in [-0.25, -0.2) is 9.59 Å². The number of primary amides is 2. The highest BCUT2D eigenvalue weighted by atomic mass is 16.6. The maximum Gasteiger partial charge on any atom is 0.408 e. The van der Waals surface area contributed by atoms with Crippen LogP contribution in [0.15, 0.2) is 0 Å². The maximum absolute atomic E-state index is 12.3. The second-order valence-corrected chi connectivity index (χ2v) is 7.17. The summed E-state index contributed by atoms with van der Waals surface area (Å²) < 4.78 is 5.00. The van der Waals surface area contributed by atoms with Gasteiger partial charge in [-0.2, -0.15) is 0 Å². The fraction of sp³-hybridized carbons (Fsp3) is 0.625. The highest BCUT2D eigenvalue weighted by molar-refractivity contribution is 5.96. The number of nitrogens with one attached hydrogen (secondary N) is 3. The molecule has 0 saturated heterocycles. The quantitative estimate of drug-likeness (QED) is 0.226. The van der Waals surface area contributed by atoms with Gasteiger partial charge in [0.2, 0.25) is 23.6 Å². The summed E-state index contributed by atoms with van der Waals surface area (Å²) in [5.41, 5.74) is 9.17. The van der Waals surface area contributed by atoms with Gasteiger partial charge in [0, 0.05) is 0 Å². The first-order chi connectivity index (χ1) is 13.1. The van der Waals surface area contributed by atoms with Crippen molar-refractivity contribution in [2.75, 3.05) is 0 Å². The van der Waals surface area contributed by atoms with Gasteiger partial charge in [0.15, 0.2) is 0 Å². The summed E-state index contributed by atoms with van der Waals surface area (Å²) in [6.07, 6.45) is -2.24. The molecule has 3 atom stereocenters. The van der Waals surface area contributed by atoms with E-state index >= 15 is 0 Å². The molecular weight excluding hydrogens is 390 g/mol. The molecule has 0 aliphatic heterocycles. The van der Waals surface area contributed by atoms with E-state index in [2.05, 4.69) is 10.6 Å². The standard InChI is InChI=1S/C16H27N5O8/c1-7(19-15(28)29-16(2,3)4)12(24)20-8(5-10(17)22)13(25)21-9(14(26)27)6-11(18)23/h7-9H,5-6H2,1-4H3,(H2,17,22)(H2,18,23)(H,19,28)(H,20,24)(H,21,25)(H,26,27)/t7-,8+,9-/m0/s1. The number of carbonyl (C=O) groups is 6. The maximum atomic E-state index is 12.3. The third-order valence-corrected chi connectivity index (χ3v) is 3.18. The number of ether oxygens (including phenoxy) is 1. The zero-order valence-corrected chi connectivity index (χ0v) is 16.6. The molecule has 8 N–H and O–H groups in total. The second kappa shape index (κ2) is 10.8. The van der Waals surface area contributed by atoms with E-state index in [-0.39, 0.29) is 0 Å². The Morgan fingerprint density at radius 2 is 1.31 bits per heavy atom. The van der Waals surface area contributed by atoms with Crippen LogP contribution in [0.3, 0.4) is 0 Å². The van der Waals surface area contributed by atoms with Crippen LogP contribution in [0.5, 0.6) is 0 Å². The fourth-order valence-electron chi connectivity index (χ4n) is 1.93. The average Bonchev–Trinajstić information content (AvgIpc) is 2.50. The highest BCUT2D eigenvalue weighted by Gasteiger charge is 2.30.